The lowest BCUT2D eigenvalue weighted by atomic mass is 9.35. The molecule has 7 aliphatic rings. The van der Waals surface area contributed by atoms with Gasteiger partial charge >= 0.3 is 0 Å². The van der Waals surface area contributed by atoms with Crippen LogP contribution in [0.4, 0.5) is 0 Å². The van der Waals surface area contributed by atoms with Crippen molar-refractivity contribution in [3.8, 4) is 0 Å². The first-order valence-electron chi connectivity index (χ1n) is 20.6. The molecule has 3 aliphatic heterocycles. The van der Waals surface area contributed by atoms with Crippen molar-refractivity contribution >= 4 is 0 Å². The van der Waals surface area contributed by atoms with E-state index in [9.17, 15) is 35.7 Å². The van der Waals surface area contributed by atoms with E-state index in [2.05, 4.69) is 41.5 Å². The Morgan fingerprint density at radius 1 is 0.698 bits per heavy atom. The first-order valence-corrected chi connectivity index (χ1v) is 20.6. The first kappa shape index (κ1) is 40.7. The third kappa shape index (κ3) is 6.13. The molecular weight excluding hydrogens is 684 g/mol. The van der Waals surface area contributed by atoms with E-state index in [0.717, 1.165) is 57.8 Å². The molecule has 0 bridgehead atoms. The van der Waals surface area contributed by atoms with Crippen LogP contribution in [0.2, 0.25) is 0 Å². The molecule has 7 rings (SSSR count). The van der Waals surface area contributed by atoms with Gasteiger partial charge in [-0.25, -0.2) is 0 Å². The van der Waals surface area contributed by atoms with Gasteiger partial charge in [-0.3, -0.25) is 0 Å². The van der Waals surface area contributed by atoms with Crippen LogP contribution in [0.1, 0.15) is 120 Å². The number of aliphatic hydroxyl groups is 7. The Balaban J connectivity index is 1.22. The summed E-state index contributed by atoms with van der Waals surface area (Å²) in [6.07, 6.45) is -3.07. The number of ether oxygens (including phenoxy) is 5. The highest BCUT2D eigenvalue weighted by molar-refractivity contribution is 5.21. The number of hydrogen-bond donors (Lipinski definition) is 7. The Hall–Kier alpha value is -0.480. The molecule has 4 saturated carbocycles. The summed E-state index contributed by atoms with van der Waals surface area (Å²) in [5, 5.41) is 74.4. The molecule has 3 saturated heterocycles. The van der Waals surface area contributed by atoms with Crippen LogP contribution >= 0.6 is 0 Å². The smallest absolute Gasteiger partial charge is 0.186 e. The summed E-state index contributed by atoms with van der Waals surface area (Å²) in [4.78, 5) is 0. The topological polar surface area (TPSA) is 188 Å². The lowest BCUT2D eigenvalue weighted by Gasteiger charge is -2.71. The Labute approximate surface area is 315 Å². The van der Waals surface area contributed by atoms with Crippen molar-refractivity contribution in [3.63, 3.8) is 0 Å². The molecule has 4 aliphatic carbocycles. The van der Waals surface area contributed by atoms with Gasteiger partial charge < -0.3 is 59.4 Å². The molecule has 12 heteroatoms. The summed E-state index contributed by atoms with van der Waals surface area (Å²) in [6, 6.07) is 0. The van der Waals surface area contributed by atoms with Crippen LogP contribution < -0.4 is 0 Å². The van der Waals surface area contributed by atoms with Crippen LogP contribution in [-0.4, -0.2) is 127 Å². The molecule has 306 valence electrons. The minimum atomic E-state index is -1.41. The average molecular weight is 755 g/mol. The maximum atomic E-state index is 11.2. The molecular formula is C41H70O12. The van der Waals surface area contributed by atoms with Crippen molar-refractivity contribution < 1.29 is 59.4 Å². The SMILES string of the molecule is CC1OC(OC2CC3C4(C)CCC(OC5OC(CO)C(O)C5O)C(C)(C)C4CCC3(C)C3(C)CCC(C4(C)CCC(C(C)(C)O)O4)C23)C(O)C(O)C1O. The Morgan fingerprint density at radius 3 is 1.96 bits per heavy atom. The molecule has 53 heavy (non-hydrogen) atoms. The largest absolute Gasteiger partial charge is 0.394 e. The van der Waals surface area contributed by atoms with Crippen molar-refractivity contribution in [2.24, 2.45) is 45.3 Å². The Bertz CT molecular complexity index is 1340. The summed E-state index contributed by atoms with van der Waals surface area (Å²) in [5.74, 6) is 0.698. The van der Waals surface area contributed by atoms with Gasteiger partial charge in [0.1, 0.15) is 36.6 Å². The summed E-state index contributed by atoms with van der Waals surface area (Å²) >= 11 is 0. The van der Waals surface area contributed by atoms with Crippen LogP contribution in [0.3, 0.4) is 0 Å². The van der Waals surface area contributed by atoms with Crippen molar-refractivity contribution in [1.82, 2.24) is 0 Å². The predicted molar refractivity (Wildman–Crippen MR) is 193 cm³/mol. The number of rotatable bonds is 7. The van der Waals surface area contributed by atoms with Gasteiger partial charge in [0.2, 0.25) is 0 Å². The van der Waals surface area contributed by atoms with Crippen molar-refractivity contribution in [1.29, 1.82) is 0 Å². The van der Waals surface area contributed by atoms with Crippen molar-refractivity contribution in [2.45, 2.75) is 205 Å². The molecule has 12 nitrogen and oxygen atoms in total. The van der Waals surface area contributed by atoms with E-state index in [4.69, 9.17) is 23.7 Å². The second-order valence-electron chi connectivity index (χ2n) is 20.6. The van der Waals surface area contributed by atoms with Crippen LogP contribution in [0.5, 0.6) is 0 Å². The molecule has 0 aromatic rings. The van der Waals surface area contributed by atoms with E-state index in [-0.39, 0.29) is 63.6 Å². The second-order valence-corrected chi connectivity index (χ2v) is 20.6. The summed E-state index contributed by atoms with van der Waals surface area (Å²) in [6.45, 7) is 19.1. The molecule has 0 radical (unpaired) electrons. The summed E-state index contributed by atoms with van der Waals surface area (Å²) < 4.78 is 32.3. The van der Waals surface area contributed by atoms with Crippen LogP contribution in [0.25, 0.3) is 0 Å². The minimum Gasteiger partial charge on any atom is -0.394 e. The third-order valence-electron chi connectivity index (χ3n) is 17.1. The van der Waals surface area contributed by atoms with Gasteiger partial charge in [0, 0.05) is 0 Å². The van der Waals surface area contributed by atoms with Crippen molar-refractivity contribution in [2.75, 3.05) is 6.61 Å². The number of hydrogen-bond acceptors (Lipinski definition) is 12. The maximum Gasteiger partial charge on any atom is 0.186 e. The highest BCUT2D eigenvalue weighted by Crippen LogP contribution is 2.76. The van der Waals surface area contributed by atoms with Crippen LogP contribution in [0, 0.1) is 45.3 Å². The third-order valence-corrected chi connectivity index (χ3v) is 17.1. The van der Waals surface area contributed by atoms with E-state index in [0.29, 0.717) is 0 Å². The van der Waals surface area contributed by atoms with Gasteiger partial charge in [-0.2, -0.15) is 0 Å². The first-order chi connectivity index (χ1) is 24.5. The standard InChI is InChI=1S/C41H70O12/c1-20-29(43)31(45)33(47)34(49-20)50-22-18-25-38(6)14-12-26(52-35-32(46)30(44)23(19-42)51-35)36(2,3)24(38)11-16-39(25,7)40(8)15-10-21(28(22)40)41(9)17-13-27(53-41)37(4,5)48/h20-35,42-48H,10-19H2,1-9H3. The zero-order valence-electron chi connectivity index (χ0n) is 33.5. The molecule has 0 aromatic heterocycles. The van der Waals surface area contributed by atoms with Gasteiger partial charge in [0.25, 0.3) is 0 Å². The normalized spacial score (nSPS) is 56.8. The van der Waals surface area contributed by atoms with Crippen LogP contribution in [0.15, 0.2) is 0 Å². The molecule has 0 spiro atoms. The van der Waals surface area contributed by atoms with Gasteiger partial charge in [0.15, 0.2) is 12.6 Å². The molecule has 7 N–H and O–H groups in total. The highest BCUT2D eigenvalue weighted by atomic mass is 16.7. The number of aliphatic hydroxyl groups excluding tert-OH is 6. The van der Waals surface area contributed by atoms with E-state index in [1.165, 1.54) is 0 Å². The lowest BCUT2D eigenvalue weighted by molar-refractivity contribution is -0.332. The second kappa shape index (κ2) is 13.5. The van der Waals surface area contributed by atoms with Gasteiger partial charge in [-0.05, 0) is 131 Å². The van der Waals surface area contributed by atoms with Gasteiger partial charge in [-0.15, -0.1) is 0 Å². The molecule has 0 aromatic carbocycles. The molecule has 20 unspecified atom stereocenters. The van der Waals surface area contributed by atoms with E-state index in [1.54, 1.807) is 6.92 Å². The van der Waals surface area contributed by atoms with Crippen LogP contribution in [-0.2, 0) is 23.7 Å². The fourth-order valence-corrected chi connectivity index (χ4v) is 13.8. The Kier molecular flexibility index (Phi) is 10.4. The fourth-order valence-electron chi connectivity index (χ4n) is 13.8. The van der Waals surface area contributed by atoms with Gasteiger partial charge in [0.05, 0.1) is 42.2 Å². The fraction of sp³-hybridized carbons (Fsp3) is 1.00. The monoisotopic (exact) mass is 754 g/mol. The van der Waals surface area contributed by atoms with E-state index < -0.39 is 73.1 Å². The predicted octanol–water partition coefficient (Wildman–Crippen LogP) is 3.03. The molecule has 0 amide bonds. The molecule has 20 atom stereocenters. The minimum absolute atomic E-state index is 0.0514. The number of fused-ring (bicyclic) bond motifs is 5. The average Bonchev–Trinajstić information content (AvgIpc) is 3.75. The molecule has 3 heterocycles. The lowest BCUT2D eigenvalue weighted by Crippen LogP contribution is -2.68. The van der Waals surface area contributed by atoms with E-state index >= 15 is 0 Å². The van der Waals surface area contributed by atoms with Gasteiger partial charge in [-0.1, -0.05) is 34.6 Å². The zero-order valence-corrected chi connectivity index (χ0v) is 33.5. The molecule has 7 fully saturated rings. The van der Waals surface area contributed by atoms with Crippen molar-refractivity contribution in [3.05, 3.63) is 0 Å². The summed E-state index contributed by atoms with van der Waals surface area (Å²) in [7, 11) is 0. The summed E-state index contributed by atoms with van der Waals surface area (Å²) in [5.41, 5.74) is -2.05. The zero-order chi connectivity index (χ0) is 38.8. The maximum absolute atomic E-state index is 11.2. The Morgan fingerprint density at radius 2 is 1.34 bits per heavy atom. The highest BCUT2D eigenvalue weighted by Gasteiger charge is 2.73. The van der Waals surface area contributed by atoms with E-state index in [1.807, 2.05) is 13.8 Å². The quantitative estimate of drug-likeness (QED) is 0.189.